The normalized spacial score (nSPS) is 16.0. The molecule has 2 heterocycles. The van der Waals surface area contributed by atoms with Gasteiger partial charge in [0.2, 0.25) is 5.91 Å². The van der Waals surface area contributed by atoms with Crippen LogP contribution < -0.4 is 5.32 Å². The summed E-state index contributed by atoms with van der Waals surface area (Å²) in [5.74, 6) is 0.509. The maximum absolute atomic E-state index is 12.3. The van der Waals surface area contributed by atoms with Crippen LogP contribution in [0.3, 0.4) is 0 Å². The van der Waals surface area contributed by atoms with Crippen LogP contribution in [-0.4, -0.2) is 40.8 Å². The Balaban J connectivity index is 1.81. The lowest BCUT2D eigenvalue weighted by Crippen LogP contribution is -2.46. The van der Waals surface area contributed by atoms with Crippen LogP contribution >= 0.6 is 0 Å². The SMILES string of the molecule is CC(C)CC(=O)NC1CCN(C(=O)c2cccnc2)CC1. The highest BCUT2D eigenvalue weighted by atomic mass is 16.2. The minimum Gasteiger partial charge on any atom is -0.353 e. The monoisotopic (exact) mass is 289 g/mol. The number of nitrogens with zero attached hydrogens (tertiary/aromatic N) is 2. The molecule has 21 heavy (non-hydrogen) atoms. The fraction of sp³-hybridized carbons (Fsp3) is 0.562. The van der Waals surface area contributed by atoms with Gasteiger partial charge in [0.1, 0.15) is 0 Å². The molecular formula is C16H23N3O2. The molecule has 5 nitrogen and oxygen atoms in total. The summed E-state index contributed by atoms with van der Waals surface area (Å²) in [5.41, 5.74) is 0.625. The van der Waals surface area contributed by atoms with Crippen molar-refractivity contribution in [2.45, 2.75) is 39.2 Å². The van der Waals surface area contributed by atoms with Crippen molar-refractivity contribution >= 4 is 11.8 Å². The molecule has 2 amide bonds. The van der Waals surface area contributed by atoms with E-state index in [1.54, 1.807) is 24.5 Å². The van der Waals surface area contributed by atoms with Gasteiger partial charge in [0.15, 0.2) is 0 Å². The van der Waals surface area contributed by atoms with Crippen LogP contribution in [-0.2, 0) is 4.79 Å². The van der Waals surface area contributed by atoms with E-state index >= 15 is 0 Å². The van der Waals surface area contributed by atoms with E-state index in [-0.39, 0.29) is 17.9 Å². The molecule has 1 aliphatic rings. The molecule has 0 radical (unpaired) electrons. The van der Waals surface area contributed by atoms with E-state index in [9.17, 15) is 9.59 Å². The first-order chi connectivity index (χ1) is 10.1. The first kappa shape index (κ1) is 15.5. The van der Waals surface area contributed by atoms with Crippen molar-refractivity contribution in [1.29, 1.82) is 0 Å². The fourth-order valence-corrected chi connectivity index (χ4v) is 2.56. The number of pyridine rings is 1. The highest BCUT2D eigenvalue weighted by Crippen LogP contribution is 2.14. The van der Waals surface area contributed by atoms with Crippen LogP contribution in [0.2, 0.25) is 0 Å². The highest BCUT2D eigenvalue weighted by Gasteiger charge is 2.24. The number of piperidine rings is 1. The van der Waals surface area contributed by atoms with Gasteiger partial charge in [-0.1, -0.05) is 13.8 Å². The van der Waals surface area contributed by atoms with Gasteiger partial charge in [-0.15, -0.1) is 0 Å². The molecule has 1 aromatic rings. The average molecular weight is 289 g/mol. The zero-order valence-corrected chi connectivity index (χ0v) is 12.7. The summed E-state index contributed by atoms with van der Waals surface area (Å²) in [5, 5.41) is 3.06. The quantitative estimate of drug-likeness (QED) is 0.920. The lowest BCUT2D eigenvalue weighted by Gasteiger charge is -2.32. The Morgan fingerprint density at radius 3 is 2.67 bits per heavy atom. The second kappa shape index (κ2) is 7.20. The second-order valence-corrected chi connectivity index (χ2v) is 5.97. The second-order valence-electron chi connectivity index (χ2n) is 5.97. The van der Waals surface area contributed by atoms with Gasteiger partial charge >= 0.3 is 0 Å². The zero-order valence-electron chi connectivity index (χ0n) is 12.7. The van der Waals surface area contributed by atoms with Crippen LogP contribution in [0, 0.1) is 5.92 Å². The Bertz CT molecular complexity index is 480. The van der Waals surface area contributed by atoms with Crippen molar-refractivity contribution in [3.05, 3.63) is 30.1 Å². The van der Waals surface area contributed by atoms with Gasteiger partial charge in [0.05, 0.1) is 5.56 Å². The molecule has 114 valence electrons. The standard InChI is InChI=1S/C16H23N3O2/c1-12(2)10-15(20)18-14-5-8-19(9-6-14)16(21)13-4-3-7-17-11-13/h3-4,7,11-12,14H,5-6,8-10H2,1-2H3,(H,18,20). The summed E-state index contributed by atoms with van der Waals surface area (Å²) in [6.45, 7) is 5.43. The summed E-state index contributed by atoms with van der Waals surface area (Å²) in [4.78, 5) is 29.8. The number of likely N-dealkylation sites (tertiary alicyclic amines) is 1. The van der Waals surface area contributed by atoms with E-state index in [0.717, 1.165) is 12.8 Å². The molecule has 0 bridgehead atoms. The number of hydrogen-bond acceptors (Lipinski definition) is 3. The number of carbonyl (C=O) groups excluding carboxylic acids is 2. The van der Waals surface area contributed by atoms with E-state index in [1.165, 1.54) is 0 Å². The van der Waals surface area contributed by atoms with Crippen LogP contribution in [0.1, 0.15) is 43.5 Å². The first-order valence-corrected chi connectivity index (χ1v) is 7.55. The van der Waals surface area contributed by atoms with E-state index in [1.807, 2.05) is 18.7 Å². The maximum Gasteiger partial charge on any atom is 0.255 e. The van der Waals surface area contributed by atoms with E-state index in [0.29, 0.717) is 31.0 Å². The molecule has 0 unspecified atom stereocenters. The number of amides is 2. The van der Waals surface area contributed by atoms with Crippen molar-refractivity contribution in [3.63, 3.8) is 0 Å². The smallest absolute Gasteiger partial charge is 0.255 e. The van der Waals surface area contributed by atoms with Crippen molar-refractivity contribution in [3.8, 4) is 0 Å². The molecule has 0 atom stereocenters. The Morgan fingerprint density at radius 2 is 2.10 bits per heavy atom. The van der Waals surface area contributed by atoms with Crippen LogP contribution in [0.5, 0.6) is 0 Å². The third-order valence-electron chi connectivity index (χ3n) is 3.65. The van der Waals surface area contributed by atoms with Crippen LogP contribution in [0.4, 0.5) is 0 Å². The Morgan fingerprint density at radius 1 is 1.38 bits per heavy atom. The maximum atomic E-state index is 12.3. The number of carbonyl (C=O) groups is 2. The van der Waals surface area contributed by atoms with Crippen LogP contribution in [0.15, 0.2) is 24.5 Å². The largest absolute Gasteiger partial charge is 0.353 e. The zero-order chi connectivity index (χ0) is 15.2. The molecule has 1 aliphatic heterocycles. The number of rotatable bonds is 4. The van der Waals surface area contributed by atoms with Gasteiger partial charge in [-0.2, -0.15) is 0 Å². The minimum absolute atomic E-state index is 0.0232. The van der Waals surface area contributed by atoms with Gasteiger partial charge in [0.25, 0.3) is 5.91 Å². The number of nitrogens with one attached hydrogen (secondary N) is 1. The lowest BCUT2D eigenvalue weighted by atomic mass is 10.0. The molecule has 1 saturated heterocycles. The number of aromatic nitrogens is 1. The molecule has 5 heteroatoms. The van der Waals surface area contributed by atoms with Crippen molar-refractivity contribution < 1.29 is 9.59 Å². The molecule has 0 spiro atoms. The summed E-state index contributed by atoms with van der Waals surface area (Å²) in [7, 11) is 0. The molecule has 1 aromatic heterocycles. The summed E-state index contributed by atoms with van der Waals surface area (Å²) in [6, 6.07) is 3.74. The van der Waals surface area contributed by atoms with Crippen molar-refractivity contribution in [2.75, 3.05) is 13.1 Å². The summed E-state index contributed by atoms with van der Waals surface area (Å²) < 4.78 is 0. The third-order valence-corrected chi connectivity index (χ3v) is 3.65. The Labute approximate surface area is 125 Å². The third kappa shape index (κ3) is 4.55. The number of hydrogen-bond donors (Lipinski definition) is 1. The Hall–Kier alpha value is -1.91. The molecule has 2 rings (SSSR count). The topological polar surface area (TPSA) is 62.3 Å². The molecular weight excluding hydrogens is 266 g/mol. The predicted octanol–water partition coefficient (Wildman–Crippen LogP) is 1.85. The predicted molar refractivity (Wildman–Crippen MR) is 80.8 cm³/mol. The molecule has 1 N–H and O–H groups in total. The fourth-order valence-electron chi connectivity index (χ4n) is 2.56. The van der Waals surface area contributed by atoms with Gasteiger partial charge < -0.3 is 10.2 Å². The summed E-state index contributed by atoms with van der Waals surface area (Å²) in [6.07, 6.45) is 5.45. The van der Waals surface area contributed by atoms with E-state index < -0.39 is 0 Å². The molecule has 0 aromatic carbocycles. The molecule has 0 saturated carbocycles. The van der Waals surface area contributed by atoms with Gasteiger partial charge in [-0.25, -0.2) is 0 Å². The van der Waals surface area contributed by atoms with E-state index in [4.69, 9.17) is 0 Å². The lowest BCUT2D eigenvalue weighted by molar-refractivity contribution is -0.122. The summed E-state index contributed by atoms with van der Waals surface area (Å²) >= 11 is 0. The van der Waals surface area contributed by atoms with Crippen LogP contribution in [0.25, 0.3) is 0 Å². The van der Waals surface area contributed by atoms with E-state index in [2.05, 4.69) is 10.3 Å². The highest BCUT2D eigenvalue weighted by molar-refractivity contribution is 5.93. The Kier molecular flexibility index (Phi) is 5.31. The van der Waals surface area contributed by atoms with Gasteiger partial charge in [-0.05, 0) is 30.9 Å². The first-order valence-electron chi connectivity index (χ1n) is 7.55. The molecule has 1 fully saturated rings. The van der Waals surface area contributed by atoms with Crippen molar-refractivity contribution in [1.82, 2.24) is 15.2 Å². The van der Waals surface area contributed by atoms with Gasteiger partial charge in [0, 0.05) is 37.9 Å². The minimum atomic E-state index is 0.0232. The average Bonchev–Trinajstić information content (AvgIpc) is 2.47. The molecule has 0 aliphatic carbocycles. The van der Waals surface area contributed by atoms with Crippen molar-refractivity contribution in [2.24, 2.45) is 5.92 Å². The van der Waals surface area contributed by atoms with Gasteiger partial charge in [-0.3, -0.25) is 14.6 Å².